The van der Waals surface area contributed by atoms with Crippen molar-refractivity contribution in [3.8, 4) is 17.2 Å². The number of hydrogen-bond donors (Lipinski definition) is 2. The number of aromatic amines is 1. The van der Waals surface area contributed by atoms with Gasteiger partial charge in [0.05, 0.1) is 19.9 Å². The number of benzene rings is 2. The van der Waals surface area contributed by atoms with Gasteiger partial charge in [-0.2, -0.15) is 0 Å². The fourth-order valence-electron chi connectivity index (χ4n) is 4.02. The number of furan rings is 1. The monoisotopic (exact) mass is 418 g/mol. The molecule has 4 aromatic rings. The fraction of sp³-hybridized carbons (Fsp3) is 0.208. The second-order valence-corrected chi connectivity index (χ2v) is 7.35. The molecule has 0 saturated heterocycles. The van der Waals surface area contributed by atoms with Gasteiger partial charge in [-0.3, -0.25) is 4.79 Å². The summed E-state index contributed by atoms with van der Waals surface area (Å²) in [6.45, 7) is 0.547. The Morgan fingerprint density at radius 1 is 1.16 bits per heavy atom. The number of H-pyrrole nitrogens is 1. The number of hydrogen-bond acceptors (Lipinski definition) is 5. The number of aromatic nitrogens is 1. The van der Waals surface area contributed by atoms with E-state index in [4.69, 9.17) is 18.6 Å². The van der Waals surface area contributed by atoms with Gasteiger partial charge in [-0.1, -0.05) is 12.1 Å². The first-order chi connectivity index (χ1) is 15.2. The smallest absolute Gasteiger partial charge is 0.231 e. The van der Waals surface area contributed by atoms with Gasteiger partial charge < -0.3 is 28.9 Å². The standard InChI is InChI=1S/C24H22N2O5/c1-28-21-6-2-5-19-24(21)18(13-25-19)17(11-23(27)26-12-16-4-3-9-29-16)15-7-8-20-22(10-15)31-14-30-20/h2-10,13,17,25H,11-12,14H2,1H3,(H,26,27). The van der Waals surface area contributed by atoms with Gasteiger partial charge in [0.25, 0.3) is 0 Å². The van der Waals surface area contributed by atoms with E-state index in [1.807, 2.05) is 48.7 Å². The second-order valence-electron chi connectivity index (χ2n) is 7.35. The van der Waals surface area contributed by atoms with Gasteiger partial charge in [0.15, 0.2) is 11.5 Å². The molecule has 0 aliphatic carbocycles. The van der Waals surface area contributed by atoms with Crippen LogP contribution in [0.1, 0.15) is 29.2 Å². The number of methoxy groups -OCH3 is 1. The maximum atomic E-state index is 12.9. The third kappa shape index (κ3) is 3.70. The van der Waals surface area contributed by atoms with Crippen molar-refractivity contribution in [1.82, 2.24) is 10.3 Å². The topological polar surface area (TPSA) is 85.7 Å². The summed E-state index contributed by atoms with van der Waals surface area (Å²) < 4.78 is 22.0. The Kier molecular flexibility index (Phi) is 5.00. The van der Waals surface area contributed by atoms with E-state index in [0.717, 1.165) is 27.8 Å². The number of fused-ring (bicyclic) bond motifs is 2. The summed E-state index contributed by atoms with van der Waals surface area (Å²) in [6, 6.07) is 15.3. The van der Waals surface area contributed by atoms with Crippen molar-refractivity contribution in [2.75, 3.05) is 13.9 Å². The minimum Gasteiger partial charge on any atom is -0.496 e. The van der Waals surface area contributed by atoms with Crippen LogP contribution in [0.15, 0.2) is 65.4 Å². The van der Waals surface area contributed by atoms with Crippen LogP contribution in [-0.4, -0.2) is 24.8 Å². The summed E-state index contributed by atoms with van der Waals surface area (Å²) >= 11 is 0. The van der Waals surface area contributed by atoms with Gasteiger partial charge in [0, 0.05) is 29.4 Å². The molecule has 1 aliphatic heterocycles. The van der Waals surface area contributed by atoms with Crippen LogP contribution in [0.3, 0.4) is 0 Å². The minimum absolute atomic E-state index is 0.0803. The first kappa shape index (κ1) is 19.1. The number of ether oxygens (including phenoxy) is 3. The van der Waals surface area contributed by atoms with Crippen LogP contribution >= 0.6 is 0 Å². The predicted molar refractivity (Wildman–Crippen MR) is 114 cm³/mol. The lowest BCUT2D eigenvalue weighted by molar-refractivity contribution is -0.121. The molecule has 1 atom stereocenters. The van der Waals surface area contributed by atoms with Crippen LogP contribution in [-0.2, 0) is 11.3 Å². The third-order valence-corrected chi connectivity index (χ3v) is 5.52. The van der Waals surface area contributed by atoms with Crippen molar-refractivity contribution >= 4 is 16.8 Å². The largest absolute Gasteiger partial charge is 0.496 e. The molecule has 1 unspecified atom stereocenters. The van der Waals surface area contributed by atoms with E-state index in [1.54, 1.807) is 19.4 Å². The quantitative estimate of drug-likeness (QED) is 0.466. The average molecular weight is 418 g/mol. The lowest BCUT2D eigenvalue weighted by atomic mass is 9.87. The molecule has 0 saturated carbocycles. The van der Waals surface area contributed by atoms with Crippen LogP contribution in [0, 0.1) is 0 Å². The van der Waals surface area contributed by atoms with E-state index in [-0.39, 0.29) is 25.0 Å². The highest BCUT2D eigenvalue weighted by molar-refractivity contribution is 5.91. The third-order valence-electron chi connectivity index (χ3n) is 5.52. The number of carbonyl (C=O) groups excluding carboxylic acids is 1. The summed E-state index contributed by atoms with van der Waals surface area (Å²) in [5.41, 5.74) is 2.90. The molecule has 0 fully saturated rings. The molecule has 5 rings (SSSR count). The van der Waals surface area contributed by atoms with E-state index in [9.17, 15) is 4.79 Å². The zero-order valence-corrected chi connectivity index (χ0v) is 17.0. The molecular formula is C24H22N2O5. The number of nitrogens with one attached hydrogen (secondary N) is 2. The summed E-state index contributed by atoms with van der Waals surface area (Å²) in [5, 5.41) is 3.91. The van der Waals surface area contributed by atoms with Crippen molar-refractivity contribution in [2.24, 2.45) is 0 Å². The van der Waals surface area contributed by atoms with Crippen LogP contribution in [0.5, 0.6) is 17.2 Å². The Hall–Kier alpha value is -3.87. The highest BCUT2D eigenvalue weighted by atomic mass is 16.7. The molecule has 1 amide bonds. The number of rotatable bonds is 7. The molecule has 3 heterocycles. The molecule has 0 radical (unpaired) electrons. The predicted octanol–water partition coefficient (Wildman–Crippen LogP) is 4.34. The lowest BCUT2D eigenvalue weighted by Crippen LogP contribution is -2.24. The Labute approximate surface area is 178 Å². The molecule has 0 spiro atoms. The zero-order chi connectivity index (χ0) is 21.2. The highest BCUT2D eigenvalue weighted by Gasteiger charge is 2.25. The molecule has 7 heteroatoms. The van der Waals surface area contributed by atoms with Crippen molar-refractivity contribution in [3.63, 3.8) is 0 Å². The summed E-state index contributed by atoms with van der Waals surface area (Å²) in [6.07, 6.45) is 3.79. The van der Waals surface area contributed by atoms with Gasteiger partial charge in [0.2, 0.25) is 12.7 Å². The summed E-state index contributed by atoms with van der Waals surface area (Å²) in [5.74, 6) is 2.57. The van der Waals surface area contributed by atoms with Gasteiger partial charge in [-0.25, -0.2) is 0 Å². The van der Waals surface area contributed by atoms with E-state index < -0.39 is 0 Å². The maximum absolute atomic E-state index is 12.9. The molecule has 2 N–H and O–H groups in total. The van der Waals surface area contributed by atoms with Crippen molar-refractivity contribution in [1.29, 1.82) is 0 Å². The minimum atomic E-state index is -0.212. The van der Waals surface area contributed by atoms with Crippen molar-refractivity contribution < 1.29 is 23.4 Å². The highest BCUT2D eigenvalue weighted by Crippen LogP contribution is 2.41. The molecule has 2 aromatic carbocycles. The Morgan fingerprint density at radius 2 is 2.06 bits per heavy atom. The van der Waals surface area contributed by atoms with Gasteiger partial charge in [0.1, 0.15) is 11.5 Å². The molecule has 0 bridgehead atoms. The molecular weight excluding hydrogens is 396 g/mol. The van der Waals surface area contributed by atoms with Crippen LogP contribution in [0.4, 0.5) is 0 Å². The van der Waals surface area contributed by atoms with Crippen LogP contribution < -0.4 is 19.5 Å². The summed E-state index contributed by atoms with van der Waals surface area (Å²) in [7, 11) is 1.65. The van der Waals surface area contributed by atoms with Crippen LogP contribution in [0.25, 0.3) is 10.9 Å². The molecule has 31 heavy (non-hydrogen) atoms. The summed E-state index contributed by atoms with van der Waals surface area (Å²) in [4.78, 5) is 16.2. The molecule has 2 aromatic heterocycles. The van der Waals surface area contributed by atoms with Gasteiger partial charge >= 0.3 is 0 Å². The lowest BCUT2D eigenvalue weighted by Gasteiger charge is -2.18. The first-order valence-electron chi connectivity index (χ1n) is 10.1. The van der Waals surface area contributed by atoms with Crippen LogP contribution in [0.2, 0.25) is 0 Å². The average Bonchev–Trinajstić information content (AvgIpc) is 3.56. The van der Waals surface area contributed by atoms with E-state index in [1.165, 1.54) is 0 Å². The van der Waals surface area contributed by atoms with E-state index in [0.29, 0.717) is 23.8 Å². The number of amides is 1. The Morgan fingerprint density at radius 3 is 2.90 bits per heavy atom. The number of carbonyl (C=O) groups is 1. The molecule has 158 valence electrons. The normalized spacial score (nSPS) is 13.3. The van der Waals surface area contributed by atoms with E-state index in [2.05, 4.69) is 10.3 Å². The Balaban J connectivity index is 1.51. The SMILES string of the molecule is COc1cccc2[nH]cc(C(CC(=O)NCc3ccco3)c3ccc4c(c3)OCO4)c12. The van der Waals surface area contributed by atoms with Gasteiger partial charge in [-0.05, 0) is 47.5 Å². The second kappa shape index (κ2) is 8.10. The maximum Gasteiger partial charge on any atom is 0.231 e. The van der Waals surface area contributed by atoms with Crippen molar-refractivity contribution in [2.45, 2.75) is 18.9 Å². The molecule has 1 aliphatic rings. The van der Waals surface area contributed by atoms with Crippen molar-refractivity contribution in [3.05, 3.63) is 77.9 Å². The molecule has 7 nitrogen and oxygen atoms in total. The zero-order valence-electron chi connectivity index (χ0n) is 17.0. The first-order valence-corrected chi connectivity index (χ1v) is 10.1. The van der Waals surface area contributed by atoms with E-state index >= 15 is 0 Å². The fourth-order valence-corrected chi connectivity index (χ4v) is 4.02. The Bertz CT molecular complexity index is 1210. The van der Waals surface area contributed by atoms with Gasteiger partial charge in [-0.15, -0.1) is 0 Å².